The van der Waals surface area contributed by atoms with Crippen molar-refractivity contribution in [1.82, 2.24) is 4.98 Å². The highest BCUT2D eigenvalue weighted by Gasteiger charge is 2.20. The zero-order valence-corrected chi connectivity index (χ0v) is 12.4. The predicted octanol–water partition coefficient (Wildman–Crippen LogP) is 2.31. The van der Waals surface area contributed by atoms with Gasteiger partial charge < -0.3 is 4.98 Å². The third-order valence-corrected chi connectivity index (χ3v) is 5.58. The van der Waals surface area contributed by atoms with Crippen LogP contribution in [0.3, 0.4) is 0 Å². The van der Waals surface area contributed by atoms with Crippen LogP contribution in [0, 0.1) is 6.92 Å². The first kappa shape index (κ1) is 13.3. The molecular formula is C10H9BrN2O3S2. The van der Waals surface area contributed by atoms with Crippen molar-refractivity contribution < 1.29 is 8.42 Å². The van der Waals surface area contributed by atoms with E-state index in [1.807, 2.05) is 0 Å². The number of nitrogens with one attached hydrogen (secondary N) is 2. The van der Waals surface area contributed by atoms with Crippen molar-refractivity contribution in [3.8, 4) is 0 Å². The molecular weight excluding hydrogens is 340 g/mol. The molecule has 0 aliphatic carbocycles. The summed E-state index contributed by atoms with van der Waals surface area (Å²) in [6.07, 6.45) is 0. The van der Waals surface area contributed by atoms with E-state index < -0.39 is 10.0 Å². The fraction of sp³-hybridized carbons (Fsp3) is 0.100. The Kier molecular flexibility index (Phi) is 3.60. The van der Waals surface area contributed by atoms with E-state index in [4.69, 9.17) is 0 Å². The number of hydrogen-bond donors (Lipinski definition) is 2. The van der Waals surface area contributed by atoms with Crippen molar-refractivity contribution >= 4 is 43.0 Å². The van der Waals surface area contributed by atoms with Crippen LogP contribution in [0.15, 0.2) is 37.7 Å². The largest absolute Gasteiger partial charge is 0.315 e. The molecule has 0 atom stereocenters. The van der Waals surface area contributed by atoms with E-state index in [2.05, 4.69) is 25.6 Å². The molecule has 2 rings (SSSR count). The maximum atomic E-state index is 12.1. The lowest BCUT2D eigenvalue weighted by Crippen LogP contribution is -2.12. The number of aromatic nitrogens is 1. The highest BCUT2D eigenvalue weighted by atomic mass is 79.9. The van der Waals surface area contributed by atoms with Gasteiger partial charge in [-0.25, -0.2) is 8.42 Å². The Bertz CT molecular complexity index is 734. The number of aryl methyl sites for hydroxylation is 1. The van der Waals surface area contributed by atoms with Crippen LogP contribution in [0.25, 0.3) is 0 Å². The van der Waals surface area contributed by atoms with Crippen molar-refractivity contribution in [2.24, 2.45) is 0 Å². The monoisotopic (exact) mass is 348 g/mol. The second kappa shape index (κ2) is 4.87. The number of sulfonamides is 1. The van der Waals surface area contributed by atoms with Gasteiger partial charge in [-0.2, -0.15) is 0 Å². The lowest BCUT2D eigenvalue weighted by Gasteiger charge is -2.06. The Balaban J connectivity index is 2.39. The Labute approximate surface area is 116 Å². The summed E-state index contributed by atoms with van der Waals surface area (Å²) in [5, 5.41) is 0. The fourth-order valence-electron chi connectivity index (χ4n) is 1.40. The summed E-state index contributed by atoms with van der Waals surface area (Å²) in [7, 11) is -3.72. The number of rotatable bonds is 3. The Morgan fingerprint density at radius 3 is 2.67 bits per heavy atom. The predicted molar refractivity (Wildman–Crippen MR) is 74.6 cm³/mol. The molecule has 0 spiro atoms. The molecule has 1 heterocycles. The molecule has 0 aliphatic rings. The summed E-state index contributed by atoms with van der Waals surface area (Å²) in [5.74, 6) is 0. The van der Waals surface area contributed by atoms with Crippen LogP contribution in [-0.4, -0.2) is 13.4 Å². The molecule has 2 aromatic rings. The van der Waals surface area contributed by atoms with Gasteiger partial charge >= 0.3 is 4.87 Å². The molecule has 18 heavy (non-hydrogen) atoms. The quantitative estimate of drug-likeness (QED) is 0.893. The van der Waals surface area contributed by atoms with Crippen molar-refractivity contribution in [3.63, 3.8) is 0 Å². The Hall–Kier alpha value is -1.12. The molecule has 0 radical (unpaired) electrons. The highest BCUT2D eigenvalue weighted by Crippen LogP contribution is 2.22. The SMILES string of the molecule is Cc1[nH]c(=O)sc1S(=O)(=O)Nc1cccc(Br)c1. The first-order chi connectivity index (χ1) is 8.38. The minimum atomic E-state index is -3.72. The number of H-pyrrole nitrogens is 1. The third kappa shape index (κ3) is 2.82. The van der Waals surface area contributed by atoms with Gasteiger partial charge in [-0.05, 0) is 25.1 Å². The smallest absolute Gasteiger partial charge is 0.306 e. The highest BCUT2D eigenvalue weighted by molar-refractivity contribution is 9.10. The zero-order chi connectivity index (χ0) is 13.3. The number of anilines is 1. The molecule has 1 aromatic carbocycles. The number of halogens is 1. The molecule has 0 saturated carbocycles. The molecule has 2 N–H and O–H groups in total. The Morgan fingerprint density at radius 1 is 1.39 bits per heavy atom. The average Bonchev–Trinajstić information content (AvgIpc) is 2.58. The van der Waals surface area contributed by atoms with Crippen LogP contribution in [0.1, 0.15) is 5.69 Å². The van der Waals surface area contributed by atoms with Crippen LogP contribution >= 0.6 is 27.3 Å². The first-order valence-corrected chi connectivity index (χ1v) is 7.96. The lowest BCUT2D eigenvalue weighted by atomic mass is 10.3. The molecule has 0 saturated heterocycles. The summed E-state index contributed by atoms with van der Waals surface area (Å²) in [6, 6.07) is 6.78. The van der Waals surface area contributed by atoms with Gasteiger partial charge in [0.1, 0.15) is 0 Å². The van der Waals surface area contributed by atoms with E-state index in [0.717, 1.165) is 4.47 Å². The standard InChI is InChI=1S/C10H9BrN2O3S2/c1-6-9(17-10(14)12-6)18(15,16)13-8-4-2-3-7(11)5-8/h2-5,13H,1H3,(H,12,14). The molecule has 0 unspecified atom stereocenters. The van der Waals surface area contributed by atoms with Gasteiger partial charge in [0.15, 0.2) is 4.21 Å². The molecule has 5 nitrogen and oxygen atoms in total. The summed E-state index contributed by atoms with van der Waals surface area (Å²) < 4.78 is 27.3. The summed E-state index contributed by atoms with van der Waals surface area (Å²) in [5.41, 5.74) is 0.775. The number of aromatic amines is 1. The van der Waals surface area contributed by atoms with Crippen molar-refractivity contribution in [3.05, 3.63) is 44.1 Å². The van der Waals surface area contributed by atoms with E-state index in [0.29, 0.717) is 22.7 Å². The van der Waals surface area contributed by atoms with Gasteiger partial charge in [0.05, 0.1) is 0 Å². The maximum Gasteiger partial charge on any atom is 0.306 e. The molecule has 0 bridgehead atoms. The molecule has 0 fully saturated rings. The van der Waals surface area contributed by atoms with Crippen LogP contribution in [0.2, 0.25) is 0 Å². The minimum Gasteiger partial charge on any atom is -0.315 e. The van der Waals surface area contributed by atoms with Crippen LogP contribution in [0.4, 0.5) is 5.69 Å². The van der Waals surface area contributed by atoms with E-state index >= 15 is 0 Å². The van der Waals surface area contributed by atoms with E-state index in [-0.39, 0.29) is 9.08 Å². The van der Waals surface area contributed by atoms with Crippen LogP contribution < -0.4 is 9.60 Å². The van der Waals surface area contributed by atoms with Crippen LogP contribution in [0.5, 0.6) is 0 Å². The molecule has 0 aliphatic heterocycles. The van der Waals surface area contributed by atoms with Gasteiger partial charge in [-0.3, -0.25) is 9.52 Å². The minimum absolute atomic E-state index is 0.00692. The molecule has 1 aromatic heterocycles. The third-order valence-electron chi connectivity index (χ3n) is 2.10. The fourth-order valence-corrected chi connectivity index (χ4v) is 4.15. The van der Waals surface area contributed by atoms with Gasteiger partial charge in [0.2, 0.25) is 0 Å². The first-order valence-electron chi connectivity index (χ1n) is 4.86. The molecule has 0 amide bonds. The average molecular weight is 349 g/mol. The lowest BCUT2D eigenvalue weighted by molar-refractivity contribution is 0.602. The summed E-state index contributed by atoms with van der Waals surface area (Å²) in [4.78, 5) is 13.2. The van der Waals surface area contributed by atoms with Crippen molar-refractivity contribution in [1.29, 1.82) is 0 Å². The topological polar surface area (TPSA) is 79.0 Å². The van der Waals surface area contributed by atoms with Gasteiger partial charge in [-0.1, -0.05) is 33.3 Å². The van der Waals surface area contributed by atoms with E-state index in [1.165, 1.54) is 0 Å². The number of hydrogen-bond acceptors (Lipinski definition) is 4. The maximum absolute atomic E-state index is 12.1. The second-order valence-corrected chi connectivity index (χ2v) is 7.32. The molecule has 8 heteroatoms. The number of thiazole rings is 1. The van der Waals surface area contributed by atoms with E-state index in [1.54, 1.807) is 31.2 Å². The van der Waals surface area contributed by atoms with Gasteiger partial charge in [-0.15, -0.1) is 0 Å². The normalized spacial score (nSPS) is 11.4. The molecule has 96 valence electrons. The second-order valence-electron chi connectivity index (χ2n) is 3.54. The number of benzene rings is 1. The van der Waals surface area contributed by atoms with Gasteiger partial charge in [0.25, 0.3) is 10.0 Å². The van der Waals surface area contributed by atoms with E-state index in [9.17, 15) is 13.2 Å². The van der Waals surface area contributed by atoms with Crippen molar-refractivity contribution in [2.45, 2.75) is 11.1 Å². The Morgan fingerprint density at radius 2 is 2.11 bits per heavy atom. The van der Waals surface area contributed by atoms with Crippen LogP contribution in [-0.2, 0) is 10.0 Å². The summed E-state index contributed by atoms with van der Waals surface area (Å²) >= 11 is 3.93. The van der Waals surface area contributed by atoms with Gasteiger partial charge in [0, 0.05) is 15.9 Å². The zero-order valence-electron chi connectivity index (χ0n) is 9.23. The summed E-state index contributed by atoms with van der Waals surface area (Å²) in [6.45, 7) is 1.55. The van der Waals surface area contributed by atoms with Crippen molar-refractivity contribution in [2.75, 3.05) is 4.72 Å².